The quantitative estimate of drug-likeness (QED) is 0.631. The number of halogens is 1. The number of nitrogens with zero attached hydrogens (tertiary/aromatic N) is 3. The van der Waals surface area contributed by atoms with E-state index in [2.05, 4.69) is 15.3 Å². The Morgan fingerprint density at radius 1 is 1.20 bits per heavy atom. The van der Waals surface area contributed by atoms with Crippen LogP contribution in [0, 0.1) is 15.9 Å². The summed E-state index contributed by atoms with van der Waals surface area (Å²) in [5.41, 5.74) is 0.513. The first-order valence-electron chi connectivity index (χ1n) is 8.28. The Morgan fingerprint density at radius 3 is 2.60 bits per heavy atom. The van der Waals surface area contributed by atoms with Crippen molar-refractivity contribution in [3.05, 3.63) is 52.1 Å². The highest BCUT2D eigenvalue weighted by molar-refractivity contribution is 5.61. The zero-order valence-corrected chi connectivity index (χ0v) is 13.7. The standard InChI is InChI=1S/C17H19FN4O3/c18-13-8-6-12(7-9-13)10-19-16-15(22(23)24)17(21-11-20-16)25-14-4-2-1-3-5-14/h6-9,11,14H,1-5,10H2,(H,19,20,21). The molecule has 1 heterocycles. The molecule has 0 saturated heterocycles. The summed E-state index contributed by atoms with van der Waals surface area (Å²) in [4.78, 5) is 18.9. The number of hydrogen-bond acceptors (Lipinski definition) is 6. The lowest BCUT2D eigenvalue weighted by Crippen LogP contribution is -2.21. The van der Waals surface area contributed by atoms with Gasteiger partial charge in [-0.15, -0.1) is 0 Å². The van der Waals surface area contributed by atoms with Gasteiger partial charge in [-0.2, -0.15) is 4.98 Å². The van der Waals surface area contributed by atoms with Crippen molar-refractivity contribution in [3.63, 3.8) is 0 Å². The highest BCUT2D eigenvalue weighted by atomic mass is 19.1. The van der Waals surface area contributed by atoms with Crippen molar-refractivity contribution in [2.45, 2.75) is 44.8 Å². The third kappa shape index (κ3) is 4.40. The van der Waals surface area contributed by atoms with Gasteiger partial charge in [0.15, 0.2) is 0 Å². The molecule has 2 aromatic rings. The van der Waals surface area contributed by atoms with Gasteiger partial charge in [-0.1, -0.05) is 18.6 Å². The molecule has 1 N–H and O–H groups in total. The zero-order chi connectivity index (χ0) is 17.6. The van der Waals surface area contributed by atoms with Gasteiger partial charge in [0.25, 0.3) is 5.88 Å². The maximum atomic E-state index is 12.9. The smallest absolute Gasteiger partial charge is 0.372 e. The topological polar surface area (TPSA) is 90.2 Å². The number of benzene rings is 1. The van der Waals surface area contributed by atoms with Crippen LogP contribution in [0.5, 0.6) is 5.88 Å². The molecule has 132 valence electrons. The molecule has 0 bridgehead atoms. The van der Waals surface area contributed by atoms with E-state index in [0.29, 0.717) is 0 Å². The summed E-state index contributed by atoms with van der Waals surface area (Å²) >= 11 is 0. The van der Waals surface area contributed by atoms with Crippen LogP contribution < -0.4 is 10.1 Å². The van der Waals surface area contributed by atoms with Crippen LogP contribution in [0.25, 0.3) is 0 Å². The SMILES string of the molecule is O=[N+]([O-])c1c(NCc2ccc(F)cc2)ncnc1OC1CCCCC1. The lowest BCUT2D eigenvalue weighted by Gasteiger charge is -2.22. The molecule has 0 spiro atoms. The second-order valence-corrected chi connectivity index (χ2v) is 5.99. The lowest BCUT2D eigenvalue weighted by atomic mass is 9.98. The fraction of sp³-hybridized carbons (Fsp3) is 0.412. The molecule has 3 rings (SSSR count). The summed E-state index contributed by atoms with van der Waals surface area (Å²) in [5, 5.41) is 14.4. The number of anilines is 1. The minimum absolute atomic E-state index is 0.00601. The van der Waals surface area contributed by atoms with Gasteiger partial charge in [0.2, 0.25) is 5.82 Å². The van der Waals surface area contributed by atoms with Gasteiger partial charge in [-0.25, -0.2) is 9.37 Å². The fourth-order valence-electron chi connectivity index (χ4n) is 2.87. The Hall–Kier alpha value is -2.77. The average molecular weight is 346 g/mol. The summed E-state index contributed by atoms with van der Waals surface area (Å²) in [6, 6.07) is 5.88. The first-order valence-corrected chi connectivity index (χ1v) is 8.28. The molecule has 8 heteroatoms. The molecule has 0 aliphatic heterocycles. The highest BCUT2D eigenvalue weighted by Gasteiger charge is 2.27. The number of rotatable bonds is 6. The average Bonchev–Trinajstić information content (AvgIpc) is 2.62. The van der Waals surface area contributed by atoms with Gasteiger partial charge in [0.05, 0.1) is 4.92 Å². The molecule has 1 saturated carbocycles. The van der Waals surface area contributed by atoms with Gasteiger partial charge in [0, 0.05) is 6.54 Å². The predicted octanol–water partition coefficient (Wildman–Crippen LogP) is 3.85. The molecule has 0 radical (unpaired) electrons. The van der Waals surface area contributed by atoms with E-state index in [0.717, 1.165) is 37.7 Å². The van der Waals surface area contributed by atoms with E-state index in [1.807, 2.05) is 0 Å². The second-order valence-electron chi connectivity index (χ2n) is 5.99. The predicted molar refractivity (Wildman–Crippen MR) is 89.9 cm³/mol. The minimum Gasteiger partial charge on any atom is -0.469 e. The molecule has 1 fully saturated rings. The Labute approximate surface area is 144 Å². The Morgan fingerprint density at radius 2 is 1.92 bits per heavy atom. The Kier molecular flexibility index (Phi) is 5.37. The number of nitro groups is 1. The summed E-state index contributed by atoms with van der Waals surface area (Å²) in [7, 11) is 0. The van der Waals surface area contributed by atoms with E-state index in [-0.39, 0.29) is 35.9 Å². The molecule has 1 aliphatic rings. The van der Waals surface area contributed by atoms with E-state index in [4.69, 9.17) is 4.74 Å². The van der Waals surface area contributed by atoms with Crippen molar-refractivity contribution in [2.75, 3.05) is 5.32 Å². The van der Waals surface area contributed by atoms with Gasteiger partial charge in [-0.05, 0) is 43.4 Å². The van der Waals surface area contributed by atoms with Crippen LogP contribution in [-0.2, 0) is 6.54 Å². The van der Waals surface area contributed by atoms with E-state index >= 15 is 0 Å². The van der Waals surface area contributed by atoms with Crippen molar-refractivity contribution in [1.82, 2.24) is 9.97 Å². The number of nitrogens with one attached hydrogen (secondary N) is 1. The minimum atomic E-state index is -0.537. The third-order valence-corrected chi connectivity index (χ3v) is 4.17. The van der Waals surface area contributed by atoms with Crippen LogP contribution in [0.2, 0.25) is 0 Å². The molecule has 1 aromatic heterocycles. The molecule has 7 nitrogen and oxygen atoms in total. The summed E-state index contributed by atoms with van der Waals surface area (Å²) in [6.45, 7) is 0.279. The van der Waals surface area contributed by atoms with E-state index in [1.165, 1.54) is 18.5 Å². The largest absolute Gasteiger partial charge is 0.469 e. The second kappa shape index (κ2) is 7.87. The Balaban J connectivity index is 1.77. The highest BCUT2D eigenvalue weighted by Crippen LogP contribution is 2.33. The first kappa shape index (κ1) is 17.1. The van der Waals surface area contributed by atoms with Gasteiger partial charge < -0.3 is 10.1 Å². The lowest BCUT2D eigenvalue weighted by molar-refractivity contribution is -0.385. The van der Waals surface area contributed by atoms with Crippen LogP contribution in [0.1, 0.15) is 37.7 Å². The van der Waals surface area contributed by atoms with Crippen molar-refractivity contribution >= 4 is 11.5 Å². The monoisotopic (exact) mass is 346 g/mol. The summed E-state index contributed by atoms with van der Waals surface area (Å²) in [5.74, 6) is -0.247. The maximum Gasteiger partial charge on any atom is 0.372 e. The zero-order valence-electron chi connectivity index (χ0n) is 13.7. The van der Waals surface area contributed by atoms with Crippen molar-refractivity contribution < 1.29 is 14.1 Å². The number of aromatic nitrogens is 2. The molecule has 1 aliphatic carbocycles. The van der Waals surface area contributed by atoms with Gasteiger partial charge in [0.1, 0.15) is 18.2 Å². The van der Waals surface area contributed by atoms with Crippen LogP contribution in [0.15, 0.2) is 30.6 Å². The summed E-state index contributed by atoms with van der Waals surface area (Å²) < 4.78 is 18.7. The molecular weight excluding hydrogens is 327 g/mol. The Bertz CT molecular complexity index is 733. The van der Waals surface area contributed by atoms with Gasteiger partial charge >= 0.3 is 5.69 Å². The van der Waals surface area contributed by atoms with Crippen LogP contribution in [-0.4, -0.2) is 21.0 Å². The number of ether oxygens (including phenoxy) is 1. The third-order valence-electron chi connectivity index (χ3n) is 4.17. The number of hydrogen-bond donors (Lipinski definition) is 1. The molecule has 25 heavy (non-hydrogen) atoms. The van der Waals surface area contributed by atoms with Crippen molar-refractivity contribution in [1.29, 1.82) is 0 Å². The van der Waals surface area contributed by atoms with E-state index in [1.54, 1.807) is 12.1 Å². The molecular formula is C17H19FN4O3. The normalized spacial score (nSPS) is 14.9. The van der Waals surface area contributed by atoms with Gasteiger partial charge in [-0.3, -0.25) is 10.1 Å². The molecule has 0 atom stereocenters. The van der Waals surface area contributed by atoms with Crippen LogP contribution in [0.4, 0.5) is 15.9 Å². The summed E-state index contributed by atoms with van der Waals surface area (Å²) in [6.07, 6.45) is 6.22. The van der Waals surface area contributed by atoms with Crippen LogP contribution >= 0.6 is 0 Å². The molecule has 0 unspecified atom stereocenters. The van der Waals surface area contributed by atoms with E-state index < -0.39 is 4.92 Å². The van der Waals surface area contributed by atoms with E-state index in [9.17, 15) is 14.5 Å². The van der Waals surface area contributed by atoms with Crippen LogP contribution in [0.3, 0.4) is 0 Å². The van der Waals surface area contributed by atoms with Crippen molar-refractivity contribution in [2.24, 2.45) is 0 Å². The molecule has 0 amide bonds. The molecule has 1 aromatic carbocycles. The fourth-order valence-corrected chi connectivity index (χ4v) is 2.87. The van der Waals surface area contributed by atoms with Crippen molar-refractivity contribution in [3.8, 4) is 5.88 Å². The first-order chi connectivity index (χ1) is 12.1. The maximum absolute atomic E-state index is 12.9.